The number of hydrogen-bond acceptors (Lipinski definition) is 4. The van der Waals surface area contributed by atoms with E-state index in [-0.39, 0.29) is 6.04 Å². The largest absolute Gasteiger partial charge is 0.338 e. The van der Waals surface area contributed by atoms with E-state index >= 15 is 0 Å². The summed E-state index contributed by atoms with van der Waals surface area (Å²) in [6.07, 6.45) is 0.671. The SMILES string of the molecule is C[C@@H](NCc1nc(Cc2ccccc2)no1)c1ccccc1Cl. The predicted octanol–water partition coefficient (Wildman–Crippen LogP) is 4.16. The number of nitrogens with one attached hydrogen (secondary N) is 1. The van der Waals surface area contributed by atoms with Crippen molar-refractivity contribution in [3.8, 4) is 0 Å². The molecule has 118 valence electrons. The highest BCUT2D eigenvalue weighted by atomic mass is 35.5. The lowest BCUT2D eigenvalue weighted by Gasteiger charge is -2.13. The van der Waals surface area contributed by atoms with Gasteiger partial charge in [0.1, 0.15) is 0 Å². The zero-order valence-electron chi connectivity index (χ0n) is 12.9. The summed E-state index contributed by atoms with van der Waals surface area (Å²) in [5, 5.41) is 8.13. The number of halogens is 1. The van der Waals surface area contributed by atoms with E-state index in [0.29, 0.717) is 24.7 Å². The van der Waals surface area contributed by atoms with Crippen LogP contribution in [0, 0.1) is 0 Å². The number of nitrogens with zero attached hydrogens (tertiary/aromatic N) is 2. The number of hydrogen-bond donors (Lipinski definition) is 1. The molecule has 0 spiro atoms. The van der Waals surface area contributed by atoms with Gasteiger partial charge in [0, 0.05) is 17.5 Å². The molecule has 2 aromatic carbocycles. The fourth-order valence-corrected chi connectivity index (χ4v) is 2.69. The van der Waals surface area contributed by atoms with E-state index in [1.54, 1.807) is 0 Å². The van der Waals surface area contributed by atoms with Gasteiger partial charge in [-0.05, 0) is 24.1 Å². The monoisotopic (exact) mass is 327 g/mol. The third kappa shape index (κ3) is 4.18. The standard InChI is InChI=1S/C18H18ClN3O/c1-13(15-9-5-6-10-16(15)19)20-12-18-21-17(22-23-18)11-14-7-3-2-4-8-14/h2-10,13,20H,11-12H2,1H3/t13-/m1/s1. The molecular formula is C18H18ClN3O. The molecule has 1 heterocycles. The van der Waals surface area contributed by atoms with Crippen LogP contribution in [0.5, 0.6) is 0 Å². The molecule has 3 rings (SSSR count). The maximum Gasteiger partial charge on any atom is 0.240 e. The molecule has 0 aliphatic heterocycles. The molecule has 0 radical (unpaired) electrons. The summed E-state index contributed by atoms with van der Waals surface area (Å²) in [5.41, 5.74) is 2.22. The first-order chi connectivity index (χ1) is 11.2. The average Bonchev–Trinajstić information content (AvgIpc) is 3.01. The van der Waals surface area contributed by atoms with Crippen LogP contribution in [0.3, 0.4) is 0 Å². The maximum absolute atomic E-state index is 6.20. The lowest BCUT2D eigenvalue weighted by atomic mass is 10.1. The summed E-state index contributed by atoms with van der Waals surface area (Å²) in [4.78, 5) is 4.42. The van der Waals surface area contributed by atoms with Gasteiger partial charge in [0.25, 0.3) is 0 Å². The van der Waals surface area contributed by atoms with Gasteiger partial charge in [-0.2, -0.15) is 4.98 Å². The molecule has 1 N–H and O–H groups in total. The second kappa shape index (κ2) is 7.40. The summed E-state index contributed by atoms with van der Waals surface area (Å²) in [6.45, 7) is 2.57. The minimum atomic E-state index is 0.105. The molecule has 0 saturated carbocycles. The quantitative estimate of drug-likeness (QED) is 0.738. The van der Waals surface area contributed by atoms with Crippen LogP contribution in [-0.4, -0.2) is 10.1 Å². The van der Waals surface area contributed by atoms with Crippen LogP contribution in [0.1, 0.15) is 35.8 Å². The van der Waals surface area contributed by atoms with Crippen molar-refractivity contribution in [2.75, 3.05) is 0 Å². The number of aromatic nitrogens is 2. The average molecular weight is 328 g/mol. The minimum absolute atomic E-state index is 0.105. The van der Waals surface area contributed by atoms with E-state index in [9.17, 15) is 0 Å². The Bertz CT molecular complexity index is 758. The van der Waals surface area contributed by atoms with E-state index in [2.05, 4.69) is 22.4 Å². The second-order valence-electron chi connectivity index (χ2n) is 5.39. The van der Waals surface area contributed by atoms with E-state index in [1.807, 2.05) is 54.6 Å². The van der Waals surface area contributed by atoms with E-state index in [1.165, 1.54) is 0 Å². The van der Waals surface area contributed by atoms with Crippen molar-refractivity contribution in [1.29, 1.82) is 0 Å². The van der Waals surface area contributed by atoms with Crippen LogP contribution < -0.4 is 5.32 Å². The Kier molecular flexibility index (Phi) is 5.05. The molecule has 0 bridgehead atoms. The van der Waals surface area contributed by atoms with Gasteiger partial charge in [0.05, 0.1) is 6.54 Å². The van der Waals surface area contributed by atoms with Crippen LogP contribution in [0.4, 0.5) is 0 Å². The molecule has 0 amide bonds. The Morgan fingerprint density at radius 2 is 1.83 bits per heavy atom. The van der Waals surface area contributed by atoms with Crippen molar-refractivity contribution in [3.05, 3.63) is 82.5 Å². The molecule has 0 aliphatic rings. The Balaban J connectivity index is 1.58. The molecule has 0 saturated heterocycles. The normalized spacial score (nSPS) is 12.3. The van der Waals surface area contributed by atoms with Crippen LogP contribution in [0.15, 0.2) is 59.1 Å². The van der Waals surface area contributed by atoms with Gasteiger partial charge in [0.2, 0.25) is 5.89 Å². The molecule has 3 aromatic rings. The minimum Gasteiger partial charge on any atom is -0.338 e. The summed E-state index contributed by atoms with van der Waals surface area (Å²) in [6, 6.07) is 18.0. The van der Waals surface area contributed by atoms with Gasteiger partial charge in [-0.1, -0.05) is 65.3 Å². The van der Waals surface area contributed by atoms with E-state index in [4.69, 9.17) is 16.1 Å². The molecule has 0 unspecified atom stereocenters. The Hall–Kier alpha value is -2.17. The molecule has 0 aliphatic carbocycles. The highest BCUT2D eigenvalue weighted by molar-refractivity contribution is 6.31. The number of rotatable bonds is 6. The fourth-order valence-electron chi connectivity index (χ4n) is 2.39. The maximum atomic E-state index is 6.20. The summed E-state index contributed by atoms with van der Waals surface area (Å²) in [7, 11) is 0. The second-order valence-corrected chi connectivity index (χ2v) is 5.80. The topological polar surface area (TPSA) is 51.0 Å². The van der Waals surface area contributed by atoms with Crippen LogP contribution in [-0.2, 0) is 13.0 Å². The van der Waals surface area contributed by atoms with Crippen LogP contribution >= 0.6 is 11.6 Å². The van der Waals surface area contributed by atoms with Gasteiger partial charge in [-0.15, -0.1) is 0 Å². The summed E-state index contributed by atoms with van der Waals surface area (Å²) >= 11 is 6.20. The van der Waals surface area contributed by atoms with E-state index < -0.39 is 0 Å². The van der Waals surface area contributed by atoms with Gasteiger partial charge < -0.3 is 9.84 Å². The Morgan fingerprint density at radius 1 is 1.09 bits per heavy atom. The third-order valence-corrected chi connectivity index (χ3v) is 3.99. The summed E-state index contributed by atoms with van der Waals surface area (Å²) in [5.74, 6) is 1.27. The Labute approximate surface area is 140 Å². The molecule has 5 heteroatoms. The van der Waals surface area contributed by atoms with Gasteiger partial charge in [-0.25, -0.2) is 0 Å². The highest BCUT2D eigenvalue weighted by Crippen LogP contribution is 2.22. The smallest absolute Gasteiger partial charge is 0.240 e. The van der Waals surface area contributed by atoms with Crippen molar-refractivity contribution in [2.24, 2.45) is 0 Å². The lowest BCUT2D eigenvalue weighted by molar-refractivity contribution is 0.357. The van der Waals surface area contributed by atoms with Gasteiger partial charge in [0.15, 0.2) is 5.82 Å². The van der Waals surface area contributed by atoms with Crippen molar-refractivity contribution >= 4 is 11.6 Å². The first-order valence-electron chi connectivity index (χ1n) is 7.55. The first kappa shape index (κ1) is 15.7. The first-order valence-corrected chi connectivity index (χ1v) is 7.93. The van der Waals surface area contributed by atoms with Crippen molar-refractivity contribution in [2.45, 2.75) is 25.9 Å². The van der Waals surface area contributed by atoms with Gasteiger partial charge >= 0.3 is 0 Å². The molecule has 1 atom stereocenters. The van der Waals surface area contributed by atoms with Crippen LogP contribution in [0.2, 0.25) is 5.02 Å². The molecule has 0 fully saturated rings. The molecular weight excluding hydrogens is 310 g/mol. The fraction of sp³-hybridized carbons (Fsp3) is 0.222. The molecule has 4 nitrogen and oxygen atoms in total. The summed E-state index contributed by atoms with van der Waals surface area (Å²) < 4.78 is 5.30. The van der Waals surface area contributed by atoms with Gasteiger partial charge in [-0.3, -0.25) is 0 Å². The van der Waals surface area contributed by atoms with Crippen molar-refractivity contribution in [3.63, 3.8) is 0 Å². The predicted molar refractivity (Wildman–Crippen MR) is 90.3 cm³/mol. The molecule has 23 heavy (non-hydrogen) atoms. The van der Waals surface area contributed by atoms with Crippen molar-refractivity contribution in [1.82, 2.24) is 15.5 Å². The lowest BCUT2D eigenvalue weighted by Crippen LogP contribution is -2.18. The van der Waals surface area contributed by atoms with E-state index in [0.717, 1.165) is 16.1 Å². The Morgan fingerprint density at radius 3 is 2.61 bits per heavy atom. The number of benzene rings is 2. The zero-order valence-corrected chi connectivity index (χ0v) is 13.6. The van der Waals surface area contributed by atoms with Crippen LogP contribution in [0.25, 0.3) is 0 Å². The molecule has 1 aromatic heterocycles. The van der Waals surface area contributed by atoms with Crippen molar-refractivity contribution < 1.29 is 4.52 Å². The highest BCUT2D eigenvalue weighted by Gasteiger charge is 2.11. The third-order valence-electron chi connectivity index (χ3n) is 3.65. The zero-order chi connectivity index (χ0) is 16.1.